The number of fused-ring (bicyclic) bond motifs is 1. The Balaban J connectivity index is 1.83. The van der Waals surface area contributed by atoms with Gasteiger partial charge in [-0.25, -0.2) is 14.2 Å². The number of carboxylic acid groups (broad SMARTS) is 1. The van der Waals surface area contributed by atoms with Crippen LogP contribution in [0.5, 0.6) is 0 Å². The Morgan fingerprint density at radius 2 is 1.83 bits per heavy atom. The van der Waals surface area contributed by atoms with Gasteiger partial charge in [0.15, 0.2) is 0 Å². The highest BCUT2D eigenvalue weighted by molar-refractivity contribution is 6.30. The summed E-state index contributed by atoms with van der Waals surface area (Å²) in [4.78, 5) is 46.4. The van der Waals surface area contributed by atoms with Crippen LogP contribution in [0.3, 0.4) is 0 Å². The molecule has 0 saturated heterocycles. The van der Waals surface area contributed by atoms with Crippen LogP contribution in [0.2, 0.25) is 5.02 Å². The monoisotopic (exact) mass is 493 g/mol. The molecule has 2 N–H and O–H groups in total. The minimum absolute atomic E-state index is 0.0355. The first kappa shape index (κ1) is 24.2. The Morgan fingerprint density at radius 3 is 2.51 bits per heavy atom. The third-order valence-corrected chi connectivity index (χ3v) is 6.34. The summed E-state index contributed by atoms with van der Waals surface area (Å²) < 4.78 is 2.19. The summed E-state index contributed by atoms with van der Waals surface area (Å²) >= 11 is 6.00. The second-order valence-electron chi connectivity index (χ2n) is 8.44. The summed E-state index contributed by atoms with van der Waals surface area (Å²) in [6.07, 6.45) is 1.71. The van der Waals surface area contributed by atoms with Crippen LogP contribution >= 0.6 is 11.6 Å². The van der Waals surface area contributed by atoms with E-state index in [0.29, 0.717) is 10.7 Å². The van der Waals surface area contributed by atoms with Crippen molar-refractivity contribution in [3.05, 3.63) is 91.8 Å². The average molecular weight is 494 g/mol. The summed E-state index contributed by atoms with van der Waals surface area (Å²) in [6, 6.07) is 13.5. The van der Waals surface area contributed by atoms with Crippen molar-refractivity contribution in [3.8, 4) is 0 Å². The van der Waals surface area contributed by atoms with Crippen molar-refractivity contribution >= 4 is 40.1 Å². The molecule has 35 heavy (non-hydrogen) atoms. The van der Waals surface area contributed by atoms with Crippen molar-refractivity contribution in [2.24, 2.45) is 5.92 Å². The lowest BCUT2D eigenvalue weighted by Crippen LogP contribution is -2.46. The van der Waals surface area contributed by atoms with Gasteiger partial charge in [-0.3, -0.25) is 14.3 Å². The number of hydrogen-bond acceptors (Lipinski definition) is 6. The molecular formula is C25H24ClN5O4. The van der Waals surface area contributed by atoms with Gasteiger partial charge in [0.1, 0.15) is 0 Å². The van der Waals surface area contributed by atoms with Crippen molar-refractivity contribution in [2.75, 3.05) is 5.32 Å². The molecule has 2 aromatic carbocycles. The van der Waals surface area contributed by atoms with E-state index in [4.69, 9.17) is 11.6 Å². The number of hydrogen-bond donors (Lipinski definition) is 2. The summed E-state index contributed by atoms with van der Waals surface area (Å²) in [6.45, 7) is 5.03. The highest BCUT2D eigenvalue weighted by Crippen LogP contribution is 2.23. The third kappa shape index (κ3) is 4.95. The zero-order valence-electron chi connectivity index (χ0n) is 19.4. The average Bonchev–Trinajstić information content (AvgIpc) is 2.82. The maximum atomic E-state index is 13.5. The minimum Gasteiger partial charge on any atom is -0.481 e. The summed E-state index contributed by atoms with van der Waals surface area (Å²) in [5, 5.41) is 14.0. The molecule has 2 heterocycles. The van der Waals surface area contributed by atoms with Gasteiger partial charge in [-0.15, -0.1) is 0 Å². The number of rotatable bonds is 7. The number of nitrogens with zero attached hydrogens (tertiary/aromatic N) is 4. The number of aromatic nitrogens is 4. The first-order chi connectivity index (χ1) is 16.7. The Kier molecular flexibility index (Phi) is 6.70. The molecule has 4 aromatic rings. The van der Waals surface area contributed by atoms with E-state index in [-0.39, 0.29) is 12.5 Å². The van der Waals surface area contributed by atoms with Gasteiger partial charge in [-0.1, -0.05) is 29.8 Å². The van der Waals surface area contributed by atoms with Gasteiger partial charge in [0, 0.05) is 22.3 Å². The van der Waals surface area contributed by atoms with Crippen molar-refractivity contribution in [1.29, 1.82) is 0 Å². The Labute approximate surface area is 205 Å². The maximum absolute atomic E-state index is 13.5. The molecular weight excluding hydrogens is 470 g/mol. The number of aliphatic carboxylic acids is 1. The number of pyridine rings is 1. The maximum Gasteiger partial charge on any atom is 0.355 e. The van der Waals surface area contributed by atoms with Crippen molar-refractivity contribution in [3.63, 3.8) is 0 Å². The molecule has 0 unspecified atom stereocenters. The van der Waals surface area contributed by atoms with E-state index < -0.39 is 29.3 Å². The first-order valence-electron chi connectivity index (χ1n) is 11.0. The van der Waals surface area contributed by atoms with Crippen molar-refractivity contribution in [1.82, 2.24) is 19.1 Å². The highest BCUT2D eigenvalue weighted by Gasteiger charge is 2.26. The highest BCUT2D eigenvalue weighted by atomic mass is 35.5. The smallest absolute Gasteiger partial charge is 0.355 e. The number of nitrogens with one attached hydrogen (secondary N) is 1. The van der Waals surface area contributed by atoms with Crippen molar-refractivity contribution < 1.29 is 9.90 Å². The SMILES string of the molecule is Cc1ccnc2cc(Nc3nc(=O)n([C@@H](C)[C@@H](C)C(=O)O)c(=O)n3Cc3ccc(Cl)cc3)ccc12. The normalized spacial score (nSPS) is 12.9. The lowest BCUT2D eigenvalue weighted by molar-refractivity contribution is -0.142. The third-order valence-electron chi connectivity index (χ3n) is 6.09. The number of carboxylic acids is 1. The zero-order chi connectivity index (χ0) is 25.3. The largest absolute Gasteiger partial charge is 0.481 e. The molecule has 10 heteroatoms. The van der Waals surface area contributed by atoms with Gasteiger partial charge < -0.3 is 10.4 Å². The van der Waals surface area contributed by atoms with Gasteiger partial charge in [0.25, 0.3) is 0 Å². The molecule has 0 aliphatic carbocycles. The second-order valence-corrected chi connectivity index (χ2v) is 8.87. The minimum atomic E-state index is -1.12. The van der Waals surface area contributed by atoms with Gasteiger partial charge >= 0.3 is 17.3 Å². The van der Waals surface area contributed by atoms with E-state index in [1.54, 1.807) is 30.5 Å². The molecule has 2 aromatic heterocycles. The van der Waals surface area contributed by atoms with Crippen LogP contribution in [0.1, 0.15) is 31.0 Å². The van der Waals surface area contributed by atoms with Gasteiger partial charge in [-0.05, 0) is 62.2 Å². The van der Waals surface area contributed by atoms with E-state index in [9.17, 15) is 19.5 Å². The molecule has 2 atom stereocenters. The second kappa shape index (κ2) is 9.71. The fourth-order valence-electron chi connectivity index (χ4n) is 3.79. The van der Waals surface area contributed by atoms with Crippen LogP contribution in [0, 0.1) is 12.8 Å². The van der Waals surface area contributed by atoms with Crippen LogP contribution in [0.15, 0.2) is 64.3 Å². The Bertz CT molecular complexity index is 1530. The van der Waals surface area contributed by atoms with Gasteiger partial charge in [-0.2, -0.15) is 4.98 Å². The molecule has 0 fully saturated rings. The van der Waals surface area contributed by atoms with E-state index in [2.05, 4.69) is 15.3 Å². The lowest BCUT2D eigenvalue weighted by Gasteiger charge is -2.21. The van der Waals surface area contributed by atoms with Crippen LogP contribution < -0.4 is 16.7 Å². The number of carbonyl (C=O) groups is 1. The molecule has 0 aliphatic rings. The summed E-state index contributed by atoms with van der Waals surface area (Å²) in [7, 11) is 0. The van der Waals surface area contributed by atoms with Crippen LogP contribution in [-0.4, -0.2) is 30.2 Å². The molecule has 0 bridgehead atoms. The molecule has 0 aliphatic heterocycles. The molecule has 0 radical (unpaired) electrons. The Hall–Kier alpha value is -3.98. The van der Waals surface area contributed by atoms with E-state index in [0.717, 1.165) is 26.6 Å². The molecule has 0 spiro atoms. The first-order valence-corrected chi connectivity index (χ1v) is 11.4. The molecule has 180 valence electrons. The van der Waals surface area contributed by atoms with Crippen LogP contribution in [0.25, 0.3) is 10.9 Å². The number of aryl methyl sites for hydroxylation is 1. The summed E-state index contributed by atoms with van der Waals surface area (Å²) in [5.74, 6) is -2.05. The fourth-order valence-corrected chi connectivity index (χ4v) is 3.92. The zero-order valence-corrected chi connectivity index (χ0v) is 20.2. The topological polar surface area (TPSA) is 119 Å². The number of halogens is 1. The van der Waals surface area contributed by atoms with E-state index in [1.807, 2.05) is 31.2 Å². The Morgan fingerprint density at radius 1 is 1.11 bits per heavy atom. The molecule has 9 nitrogen and oxygen atoms in total. The van der Waals surface area contributed by atoms with E-state index in [1.165, 1.54) is 18.4 Å². The van der Waals surface area contributed by atoms with E-state index >= 15 is 0 Å². The fraction of sp³-hybridized carbons (Fsp3) is 0.240. The van der Waals surface area contributed by atoms with Crippen LogP contribution in [0.4, 0.5) is 11.6 Å². The molecule has 0 amide bonds. The summed E-state index contributed by atoms with van der Waals surface area (Å²) in [5.41, 5.74) is 1.66. The number of anilines is 2. The van der Waals surface area contributed by atoms with Crippen molar-refractivity contribution in [2.45, 2.75) is 33.4 Å². The standard InChI is InChI=1S/C25H24ClN5O4/c1-14-10-11-27-21-12-19(8-9-20(14)21)28-23-29-24(34)31(16(3)15(2)22(32)33)25(35)30(23)13-17-4-6-18(26)7-5-17/h4-12,15-16H,13H2,1-3H3,(H,32,33)(H,28,29,34)/t15-,16+/m1/s1. The number of benzene rings is 2. The molecule has 4 rings (SSSR count). The quantitative estimate of drug-likeness (QED) is 0.399. The predicted octanol–water partition coefficient (Wildman–Crippen LogP) is 3.99. The lowest BCUT2D eigenvalue weighted by atomic mass is 10.0. The van der Waals surface area contributed by atoms with Crippen LogP contribution in [-0.2, 0) is 11.3 Å². The van der Waals surface area contributed by atoms with Gasteiger partial charge in [0.2, 0.25) is 5.95 Å². The molecule has 0 saturated carbocycles. The van der Waals surface area contributed by atoms with Gasteiger partial charge in [0.05, 0.1) is 24.0 Å². The predicted molar refractivity (Wildman–Crippen MR) is 135 cm³/mol.